The van der Waals surface area contributed by atoms with Gasteiger partial charge in [0, 0.05) is 12.6 Å². The minimum Gasteiger partial charge on any atom is -0.490 e. The average Bonchev–Trinajstić information content (AvgIpc) is 3.26. The number of nitrogens with one attached hydrogen (secondary N) is 2. The second kappa shape index (κ2) is 11.2. The number of para-hydroxylation sites is 2. The zero-order valence-corrected chi connectivity index (χ0v) is 18.6. The lowest BCUT2D eigenvalue weighted by molar-refractivity contribution is -0.123. The van der Waals surface area contributed by atoms with E-state index in [4.69, 9.17) is 9.47 Å². The highest BCUT2D eigenvalue weighted by Gasteiger charge is 2.22. The summed E-state index contributed by atoms with van der Waals surface area (Å²) in [6.45, 7) is 2.73. The van der Waals surface area contributed by atoms with Crippen LogP contribution in [0.3, 0.4) is 0 Å². The molecule has 0 atom stereocenters. The fraction of sp³-hybridized carbons (Fsp3) is 0.435. The Balaban J connectivity index is 1.42. The summed E-state index contributed by atoms with van der Waals surface area (Å²) in [6.07, 6.45) is 4.54. The van der Waals surface area contributed by atoms with E-state index in [1.165, 1.54) is 0 Å². The van der Waals surface area contributed by atoms with Crippen molar-refractivity contribution < 1.29 is 22.7 Å². The van der Waals surface area contributed by atoms with Gasteiger partial charge in [0.1, 0.15) is 0 Å². The first kappa shape index (κ1) is 23.1. The number of amides is 1. The van der Waals surface area contributed by atoms with Crippen LogP contribution in [0, 0.1) is 0 Å². The number of sulfonamides is 1. The van der Waals surface area contributed by atoms with Gasteiger partial charge in [-0.15, -0.1) is 0 Å². The number of hydrogen-bond acceptors (Lipinski definition) is 5. The molecular weight excluding hydrogens is 416 g/mol. The van der Waals surface area contributed by atoms with E-state index in [0.717, 1.165) is 31.2 Å². The molecule has 8 heteroatoms. The standard InChI is InChI=1S/C23H30N2O5S/c1-2-29-21-9-5-6-10-22(21)30-17-23(26)24-16-15-18-11-13-20(14-12-18)31(27,28)25-19-7-3-4-8-19/h5-6,9-14,19,25H,2-4,7-8,15-17H2,1H3,(H,24,26). The number of hydrogen-bond donors (Lipinski definition) is 2. The van der Waals surface area contributed by atoms with Crippen LogP contribution in [0.4, 0.5) is 0 Å². The van der Waals surface area contributed by atoms with Crippen LogP contribution < -0.4 is 19.5 Å². The molecule has 0 radical (unpaired) electrons. The molecule has 0 saturated heterocycles. The third kappa shape index (κ3) is 6.97. The number of benzene rings is 2. The van der Waals surface area contributed by atoms with Crippen molar-refractivity contribution in [3.8, 4) is 11.5 Å². The van der Waals surface area contributed by atoms with Crippen LogP contribution in [0.5, 0.6) is 11.5 Å². The number of carbonyl (C=O) groups is 1. The highest BCUT2D eigenvalue weighted by molar-refractivity contribution is 7.89. The van der Waals surface area contributed by atoms with Crippen LogP contribution in [0.15, 0.2) is 53.4 Å². The van der Waals surface area contributed by atoms with Crippen LogP contribution in [0.1, 0.15) is 38.2 Å². The monoisotopic (exact) mass is 446 g/mol. The van der Waals surface area contributed by atoms with Gasteiger partial charge >= 0.3 is 0 Å². The molecule has 0 aromatic heterocycles. The SMILES string of the molecule is CCOc1ccccc1OCC(=O)NCCc1ccc(S(=O)(=O)NC2CCCC2)cc1. The van der Waals surface area contributed by atoms with Gasteiger partial charge in [0.25, 0.3) is 5.91 Å². The molecule has 2 N–H and O–H groups in total. The summed E-state index contributed by atoms with van der Waals surface area (Å²) >= 11 is 0. The minimum atomic E-state index is -3.48. The third-order valence-electron chi connectivity index (χ3n) is 5.15. The summed E-state index contributed by atoms with van der Waals surface area (Å²) in [4.78, 5) is 12.3. The van der Waals surface area contributed by atoms with Crippen LogP contribution in [-0.2, 0) is 21.2 Å². The van der Waals surface area contributed by atoms with Gasteiger partial charge in [-0.2, -0.15) is 0 Å². The molecule has 2 aromatic rings. The second-order valence-electron chi connectivity index (χ2n) is 7.51. The Morgan fingerprint density at radius 1 is 1.00 bits per heavy atom. The van der Waals surface area contributed by atoms with E-state index < -0.39 is 10.0 Å². The summed E-state index contributed by atoms with van der Waals surface area (Å²) in [7, 11) is -3.48. The van der Waals surface area contributed by atoms with Crippen molar-refractivity contribution >= 4 is 15.9 Å². The second-order valence-corrected chi connectivity index (χ2v) is 9.23. The first-order valence-electron chi connectivity index (χ1n) is 10.7. The van der Waals surface area contributed by atoms with Crippen molar-refractivity contribution in [2.24, 2.45) is 0 Å². The maximum Gasteiger partial charge on any atom is 0.257 e. The lowest BCUT2D eigenvalue weighted by Gasteiger charge is -2.13. The Morgan fingerprint density at radius 3 is 2.29 bits per heavy atom. The van der Waals surface area contributed by atoms with Crippen molar-refractivity contribution in [3.05, 3.63) is 54.1 Å². The van der Waals surface area contributed by atoms with Gasteiger partial charge in [-0.25, -0.2) is 13.1 Å². The largest absolute Gasteiger partial charge is 0.490 e. The van der Waals surface area contributed by atoms with Gasteiger partial charge in [-0.1, -0.05) is 37.1 Å². The lowest BCUT2D eigenvalue weighted by atomic mass is 10.1. The van der Waals surface area contributed by atoms with Gasteiger partial charge in [0.15, 0.2) is 18.1 Å². The van der Waals surface area contributed by atoms with E-state index in [1.54, 1.807) is 36.4 Å². The molecular formula is C23H30N2O5S. The van der Waals surface area contributed by atoms with E-state index in [9.17, 15) is 13.2 Å². The van der Waals surface area contributed by atoms with Gasteiger partial charge in [0.2, 0.25) is 10.0 Å². The molecule has 2 aromatic carbocycles. The molecule has 0 heterocycles. The Morgan fingerprint density at radius 2 is 1.65 bits per heavy atom. The molecule has 1 aliphatic carbocycles. The van der Waals surface area contributed by atoms with Crippen LogP contribution in [0.25, 0.3) is 0 Å². The summed E-state index contributed by atoms with van der Waals surface area (Å²) in [5.74, 6) is 0.907. The quantitative estimate of drug-likeness (QED) is 0.553. The van der Waals surface area contributed by atoms with Gasteiger partial charge in [0.05, 0.1) is 11.5 Å². The topological polar surface area (TPSA) is 93.7 Å². The molecule has 0 aliphatic heterocycles. The lowest BCUT2D eigenvalue weighted by Crippen LogP contribution is -2.32. The Labute approximate surface area is 184 Å². The van der Waals surface area contributed by atoms with Crippen molar-refractivity contribution in [1.82, 2.24) is 10.0 Å². The van der Waals surface area contributed by atoms with Crippen LogP contribution >= 0.6 is 0 Å². The van der Waals surface area contributed by atoms with Gasteiger partial charge < -0.3 is 14.8 Å². The predicted octanol–water partition coefficient (Wildman–Crippen LogP) is 3.04. The van der Waals surface area contributed by atoms with Gasteiger partial charge in [-0.05, 0) is 56.0 Å². The molecule has 3 rings (SSSR count). The molecule has 0 spiro atoms. The van der Waals surface area contributed by atoms with E-state index in [0.29, 0.717) is 31.1 Å². The molecule has 0 bridgehead atoms. The summed E-state index contributed by atoms with van der Waals surface area (Å²) in [5.41, 5.74) is 0.947. The normalized spacial score (nSPS) is 14.4. The Hall–Kier alpha value is -2.58. The minimum absolute atomic E-state index is 0.0441. The molecule has 168 valence electrons. The molecule has 31 heavy (non-hydrogen) atoms. The smallest absolute Gasteiger partial charge is 0.257 e. The average molecular weight is 447 g/mol. The Bertz CT molecular complexity index is 954. The summed E-state index contributed by atoms with van der Waals surface area (Å²) in [5, 5.41) is 2.81. The Kier molecular flexibility index (Phi) is 8.31. The molecule has 1 fully saturated rings. The first-order valence-corrected chi connectivity index (χ1v) is 12.2. The number of carbonyl (C=O) groups excluding carboxylic acids is 1. The zero-order valence-electron chi connectivity index (χ0n) is 17.8. The summed E-state index contributed by atoms with van der Waals surface area (Å²) < 4.78 is 38.7. The van der Waals surface area contributed by atoms with Crippen molar-refractivity contribution in [2.75, 3.05) is 19.8 Å². The third-order valence-corrected chi connectivity index (χ3v) is 6.69. The molecule has 0 unspecified atom stereocenters. The predicted molar refractivity (Wildman–Crippen MR) is 119 cm³/mol. The highest BCUT2D eigenvalue weighted by atomic mass is 32.2. The van der Waals surface area contributed by atoms with Crippen LogP contribution in [-0.4, -0.2) is 40.1 Å². The molecule has 1 aliphatic rings. The number of rotatable bonds is 11. The van der Waals surface area contributed by atoms with Gasteiger partial charge in [-0.3, -0.25) is 4.79 Å². The van der Waals surface area contributed by atoms with Crippen molar-refractivity contribution in [3.63, 3.8) is 0 Å². The van der Waals surface area contributed by atoms with E-state index >= 15 is 0 Å². The fourth-order valence-electron chi connectivity index (χ4n) is 3.55. The van der Waals surface area contributed by atoms with E-state index in [1.807, 2.05) is 19.1 Å². The fourth-order valence-corrected chi connectivity index (χ4v) is 4.86. The molecule has 1 saturated carbocycles. The van der Waals surface area contributed by atoms with E-state index in [-0.39, 0.29) is 23.5 Å². The van der Waals surface area contributed by atoms with Crippen LogP contribution in [0.2, 0.25) is 0 Å². The van der Waals surface area contributed by atoms with Crippen molar-refractivity contribution in [1.29, 1.82) is 0 Å². The molecule has 7 nitrogen and oxygen atoms in total. The maximum atomic E-state index is 12.5. The first-order chi connectivity index (χ1) is 15.0. The number of ether oxygens (including phenoxy) is 2. The zero-order chi connectivity index (χ0) is 22.1. The maximum absolute atomic E-state index is 12.5. The highest BCUT2D eigenvalue weighted by Crippen LogP contribution is 2.26. The summed E-state index contributed by atoms with van der Waals surface area (Å²) in [6, 6.07) is 14.1. The molecule has 1 amide bonds. The van der Waals surface area contributed by atoms with E-state index in [2.05, 4.69) is 10.0 Å². The van der Waals surface area contributed by atoms with Crippen molar-refractivity contribution in [2.45, 2.75) is 50.0 Å².